The van der Waals surface area contributed by atoms with Crippen molar-refractivity contribution in [3.05, 3.63) is 59.7 Å². The van der Waals surface area contributed by atoms with Crippen LogP contribution in [-0.4, -0.2) is 116 Å². The molecule has 0 saturated heterocycles. The minimum atomic E-state index is -1.17. The predicted molar refractivity (Wildman–Crippen MR) is 288 cm³/mol. The number of amides is 4. The van der Waals surface area contributed by atoms with Crippen LogP contribution in [0, 0.1) is 0 Å². The highest BCUT2D eigenvalue weighted by Gasteiger charge is 2.30. The van der Waals surface area contributed by atoms with E-state index in [1.54, 1.807) is 20.8 Å². The summed E-state index contributed by atoms with van der Waals surface area (Å²) >= 11 is 0. The van der Waals surface area contributed by atoms with Crippen molar-refractivity contribution in [3.63, 3.8) is 0 Å². The Morgan fingerprint density at radius 3 is 1.60 bits per heavy atom. The van der Waals surface area contributed by atoms with Gasteiger partial charge in [-0.05, 0) is 102 Å². The summed E-state index contributed by atoms with van der Waals surface area (Å²) in [5.74, 6) is -2.89. The third-order valence-electron chi connectivity index (χ3n) is 12.5. The number of hydrogen-bond acceptors (Lipinski definition) is 12. The molecule has 0 radical (unpaired) electrons. The van der Waals surface area contributed by atoms with Crippen molar-refractivity contribution >= 4 is 41.7 Å². The molecule has 4 amide bonds. The molecule has 75 heavy (non-hydrogen) atoms. The Balaban J connectivity index is 1.15. The molecule has 0 aliphatic heterocycles. The Morgan fingerprint density at radius 1 is 0.520 bits per heavy atom. The summed E-state index contributed by atoms with van der Waals surface area (Å²) in [4.78, 5) is 87.0. The molecule has 1 aliphatic rings. The Hall–Kier alpha value is -5.55. The van der Waals surface area contributed by atoms with Crippen molar-refractivity contribution in [3.8, 4) is 11.1 Å². The van der Waals surface area contributed by atoms with E-state index >= 15 is 0 Å². The summed E-state index contributed by atoms with van der Waals surface area (Å²) in [7, 11) is 0. The van der Waals surface area contributed by atoms with Crippen LogP contribution in [0.15, 0.2) is 48.5 Å². The highest BCUT2D eigenvalue weighted by molar-refractivity contribution is 5.86. The fourth-order valence-electron chi connectivity index (χ4n) is 8.76. The SMILES string of the molecule is CC(C)(C)OC(=O)CCCCCCCCCCCCCCCCC(=O)N[C@H](CCC(=O)NCCOCCOCC(=O)NCCCC[C@@H](NC(=O)OCC1c2ccccc2-c2ccccc21)C(=O)O)C(=O)OC(C)(C)C. The molecule has 2 atom stereocenters. The first-order valence-electron chi connectivity index (χ1n) is 27.6. The van der Waals surface area contributed by atoms with Crippen LogP contribution in [0.1, 0.15) is 193 Å². The maximum absolute atomic E-state index is 13.0. The Kier molecular flexibility index (Phi) is 30.3. The van der Waals surface area contributed by atoms with E-state index < -0.39 is 41.3 Å². The van der Waals surface area contributed by atoms with Gasteiger partial charge >= 0.3 is 24.0 Å². The minimum absolute atomic E-state index is 0.00187. The predicted octanol–water partition coefficient (Wildman–Crippen LogP) is 9.60. The molecule has 0 heterocycles. The van der Waals surface area contributed by atoms with Crippen molar-refractivity contribution in [2.75, 3.05) is 46.1 Å². The van der Waals surface area contributed by atoms with Gasteiger partial charge in [-0.1, -0.05) is 126 Å². The average molecular weight is 1050 g/mol. The standard InChI is InChI=1S/C58H90N4O13/c1-57(2,3)74-53(66)33-20-18-16-14-12-10-8-7-9-11-13-15-17-19-32-51(64)61-49(55(69)75-58(4,5)6)34-35-50(63)60-37-38-71-39-40-72-42-52(65)59-36-26-25-31-48(54(67)68)62-56(70)73-41-47-45-29-23-21-27-43(45)44-28-22-24-30-46(44)47/h21-24,27-30,47-49H,7-20,25-26,31-42H2,1-6H3,(H,59,65)(H,60,63)(H,61,64)(H,62,70)(H,67,68)/t48-,49-/m1/s1. The number of unbranched alkanes of at least 4 members (excludes halogenated alkanes) is 14. The summed E-state index contributed by atoms with van der Waals surface area (Å²) < 4.78 is 27.3. The minimum Gasteiger partial charge on any atom is -0.480 e. The van der Waals surface area contributed by atoms with E-state index in [1.165, 1.54) is 44.9 Å². The molecule has 0 bridgehead atoms. The van der Waals surface area contributed by atoms with Gasteiger partial charge in [0.25, 0.3) is 0 Å². The Bertz CT molecular complexity index is 2000. The van der Waals surface area contributed by atoms with E-state index in [1.807, 2.05) is 69.3 Å². The van der Waals surface area contributed by atoms with Crippen molar-refractivity contribution in [2.45, 2.75) is 206 Å². The first-order valence-corrected chi connectivity index (χ1v) is 27.6. The zero-order valence-corrected chi connectivity index (χ0v) is 46.0. The number of hydrogen-bond donors (Lipinski definition) is 5. The first-order chi connectivity index (χ1) is 35.8. The molecular weight excluding hydrogens is 961 g/mol. The molecule has 0 fully saturated rings. The number of fused-ring (bicyclic) bond motifs is 3. The monoisotopic (exact) mass is 1050 g/mol. The zero-order valence-electron chi connectivity index (χ0n) is 46.0. The molecular formula is C58H90N4O13. The third-order valence-corrected chi connectivity index (χ3v) is 12.5. The van der Waals surface area contributed by atoms with Gasteiger partial charge in [0.1, 0.15) is 36.5 Å². The largest absolute Gasteiger partial charge is 0.480 e. The van der Waals surface area contributed by atoms with Gasteiger partial charge in [-0.25, -0.2) is 14.4 Å². The maximum Gasteiger partial charge on any atom is 0.407 e. The van der Waals surface area contributed by atoms with E-state index in [4.69, 9.17) is 23.7 Å². The van der Waals surface area contributed by atoms with Gasteiger partial charge < -0.3 is 50.1 Å². The number of carbonyl (C=O) groups is 7. The smallest absolute Gasteiger partial charge is 0.407 e. The van der Waals surface area contributed by atoms with Crippen LogP contribution in [-0.2, 0) is 52.5 Å². The molecule has 0 unspecified atom stereocenters. The lowest BCUT2D eigenvalue weighted by molar-refractivity contribution is -0.159. The number of nitrogens with one attached hydrogen (secondary N) is 4. The number of ether oxygens (including phenoxy) is 5. The van der Waals surface area contributed by atoms with Gasteiger partial charge in [0, 0.05) is 38.3 Å². The maximum atomic E-state index is 13.0. The second kappa shape index (κ2) is 35.7. The third kappa shape index (κ3) is 28.8. The van der Waals surface area contributed by atoms with Crippen molar-refractivity contribution in [1.82, 2.24) is 21.3 Å². The van der Waals surface area contributed by atoms with Crippen molar-refractivity contribution < 1.29 is 62.4 Å². The molecule has 2 aromatic carbocycles. The first kappa shape index (κ1) is 63.7. The lowest BCUT2D eigenvalue weighted by Crippen LogP contribution is -2.44. The normalized spacial score (nSPS) is 12.9. The number of carboxylic acid groups (broad SMARTS) is 1. The van der Waals surface area contributed by atoms with Gasteiger partial charge in [-0.2, -0.15) is 0 Å². The molecule has 0 saturated carbocycles. The van der Waals surface area contributed by atoms with E-state index in [2.05, 4.69) is 21.3 Å². The van der Waals surface area contributed by atoms with Gasteiger partial charge in [0.2, 0.25) is 17.7 Å². The fourth-order valence-corrected chi connectivity index (χ4v) is 8.76. The van der Waals surface area contributed by atoms with Gasteiger partial charge in [0.15, 0.2) is 0 Å². The quantitative estimate of drug-likeness (QED) is 0.0239. The molecule has 420 valence electrons. The van der Waals surface area contributed by atoms with E-state index in [0.717, 1.165) is 67.2 Å². The number of rotatable bonds is 39. The lowest BCUT2D eigenvalue weighted by atomic mass is 9.98. The topological polar surface area (TPSA) is 234 Å². The lowest BCUT2D eigenvalue weighted by Gasteiger charge is -2.24. The van der Waals surface area contributed by atoms with Crippen molar-refractivity contribution in [1.29, 1.82) is 0 Å². The second-order valence-electron chi connectivity index (χ2n) is 21.4. The molecule has 17 nitrogen and oxygen atoms in total. The van der Waals surface area contributed by atoms with Crippen LogP contribution in [0.4, 0.5) is 4.79 Å². The molecule has 3 rings (SSSR count). The van der Waals surface area contributed by atoms with E-state index in [9.17, 15) is 38.7 Å². The molecule has 1 aliphatic carbocycles. The number of carboxylic acids is 1. The molecule has 5 N–H and O–H groups in total. The summed E-state index contributed by atoms with van der Waals surface area (Å²) in [5.41, 5.74) is 3.13. The van der Waals surface area contributed by atoms with Gasteiger partial charge in [-0.15, -0.1) is 0 Å². The van der Waals surface area contributed by atoms with E-state index in [-0.39, 0.29) is 88.5 Å². The van der Waals surface area contributed by atoms with Crippen LogP contribution < -0.4 is 21.3 Å². The molecule has 2 aromatic rings. The van der Waals surface area contributed by atoms with Gasteiger partial charge in [0.05, 0.1) is 19.8 Å². The average Bonchev–Trinajstić information content (AvgIpc) is 3.66. The second-order valence-corrected chi connectivity index (χ2v) is 21.4. The number of alkyl carbamates (subject to hydrolysis) is 1. The summed E-state index contributed by atoms with van der Waals surface area (Å²) in [5, 5.41) is 20.4. The van der Waals surface area contributed by atoms with Crippen LogP contribution >= 0.6 is 0 Å². The summed E-state index contributed by atoms with van der Waals surface area (Å²) in [6.07, 6.45) is 16.7. The van der Waals surface area contributed by atoms with Crippen molar-refractivity contribution in [2.24, 2.45) is 0 Å². The molecule has 0 spiro atoms. The Morgan fingerprint density at radius 2 is 1.04 bits per heavy atom. The van der Waals surface area contributed by atoms with Crippen LogP contribution in [0.2, 0.25) is 0 Å². The van der Waals surface area contributed by atoms with Crippen LogP contribution in [0.3, 0.4) is 0 Å². The van der Waals surface area contributed by atoms with E-state index in [0.29, 0.717) is 32.2 Å². The van der Waals surface area contributed by atoms with Crippen LogP contribution in [0.25, 0.3) is 11.1 Å². The molecule has 17 heteroatoms. The van der Waals surface area contributed by atoms with Gasteiger partial charge in [-0.3, -0.25) is 19.2 Å². The zero-order chi connectivity index (χ0) is 54.9. The number of carbonyl (C=O) groups excluding carboxylic acids is 6. The molecule has 0 aromatic heterocycles. The highest BCUT2D eigenvalue weighted by Crippen LogP contribution is 2.44. The fraction of sp³-hybridized carbons (Fsp3) is 0.672. The highest BCUT2D eigenvalue weighted by atomic mass is 16.6. The van der Waals surface area contributed by atoms with Crippen LogP contribution in [0.5, 0.6) is 0 Å². The summed E-state index contributed by atoms with van der Waals surface area (Å²) in [6, 6.07) is 13.8. The number of esters is 2. The Labute approximate surface area is 446 Å². The summed E-state index contributed by atoms with van der Waals surface area (Å²) in [6.45, 7) is 11.9. The number of benzene rings is 2. The number of aliphatic carboxylic acids is 1.